The summed E-state index contributed by atoms with van der Waals surface area (Å²) < 4.78 is 23.4. The van der Waals surface area contributed by atoms with Gasteiger partial charge in [-0.3, -0.25) is 0 Å². The third-order valence-corrected chi connectivity index (χ3v) is 5.94. The topological polar surface area (TPSA) is 60.2 Å². The molecule has 0 bridgehead atoms. The minimum atomic E-state index is -3.16. The van der Waals surface area contributed by atoms with Crippen molar-refractivity contribution < 1.29 is 8.42 Å². The van der Waals surface area contributed by atoms with Crippen LogP contribution in [-0.4, -0.2) is 27.5 Å². The summed E-state index contributed by atoms with van der Waals surface area (Å²) in [4.78, 5) is 1.25. The second-order valence-electron chi connectivity index (χ2n) is 4.98. The summed E-state index contributed by atoms with van der Waals surface area (Å²) in [5, 5.41) is 0. The highest BCUT2D eigenvalue weighted by Crippen LogP contribution is 2.44. The standard InChI is InChI=1S/C13H19NO2S2/c1-17-11-8-10(13(9-14)6-3-7-13)4-5-12(11)18(2,15)16/h4-5,8H,3,6-7,9,14H2,1-2H3. The van der Waals surface area contributed by atoms with Gasteiger partial charge in [-0.25, -0.2) is 8.42 Å². The lowest BCUT2D eigenvalue weighted by Crippen LogP contribution is -2.41. The first kappa shape index (κ1) is 13.9. The largest absolute Gasteiger partial charge is 0.330 e. The lowest BCUT2D eigenvalue weighted by molar-refractivity contribution is 0.252. The van der Waals surface area contributed by atoms with Gasteiger partial charge in [-0.1, -0.05) is 12.5 Å². The Kier molecular flexibility index (Phi) is 3.76. The van der Waals surface area contributed by atoms with Crippen LogP contribution in [-0.2, 0) is 15.3 Å². The van der Waals surface area contributed by atoms with Crippen molar-refractivity contribution in [3.05, 3.63) is 23.8 Å². The zero-order chi connectivity index (χ0) is 13.4. The number of nitrogens with two attached hydrogens (primary N) is 1. The molecule has 5 heteroatoms. The highest BCUT2D eigenvalue weighted by atomic mass is 32.2. The van der Waals surface area contributed by atoms with E-state index in [0.717, 1.165) is 17.7 Å². The molecule has 0 aromatic heterocycles. The van der Waals surface area contributed by atoms with Gasteiger partial charge in [0.15, 0.2) is 9.84 Å². The Morgan fingerprint density at radius 3 is 2.44 bits per heavy atom. The van der Waals surface area contributed by atoms with E-state index in [4.69, 9.17) is 5.73 Å². The number of rotatable bonds is 4. The van der Waals surface area contributed by atoms with Crippen molar-refractivity contribution in [3.63, 3.8) is 0 Å². The molecule has 1 aromatic carbocycles. The summed E-state index contributed by atoms with van der Waals surface area (Å²) in [6.45, 7) is 0.638. The first-order chi connectivity index (χ1) is 8.43. The molecule has 2 rings (SSSR count). The van der Waals surface area contributed by atoms with Crippen LogP contribution >= 0.6 is 11.8 Å². The maximum absolute atomic E-state index is 11.7. The maximum atomic E-state index is 11.7. The van der Waals surface area contributed by atoms with Gasteiger partial charge in [-0.2, -0.15) is 0 Å². The minimum Gasteiger partial charge on any atom is -0.330 e. The van der Waals surface area contributed by atoms with Gasteiger partial charge < -0.3 is 5.73 Å². The molecule has 3 nitrogen and oxygen atoms in total. The van der Waals surface area contributed by atoms with Crippen molar-refractivity contribution in [1.82, 2.24) is 0 Å². The van der Waals surface area contributed by atoms with E-state index in [1.807, 2.05) is 18.4 Å². The van der Waals surface area contributed by atoms with E-state index in [-0.39, 0.29) is 5.41 Å². The molecule has 18 heavy (non-hydrogen) atoms. The van der Waals surface area contributed by atoms with Crippen LogP contribution in [0.3, 0.4) is 0 Å². The van der Waals surface area contributed by atoms with Gasteiger partial charge in [0.2, 0.25) is 0 Å². The van der Waals surface area contributed by atoms with Crippen LogP contribution in [0.4, 0.5) is 0 Å². The lowest BCUT2D eigenvalue weighted by atomic mass is 9.64. The van der Waals surface area contributed by atoms with Crippen molar-refractivity contribution in [1.29, 1.82) is 0 Å². The molecule has 1 saturated carbocycles. The number of hydrogen-bond donors (Lipinski definition) is 1. The van der Waals surface area contributed by atoms with Crippen LogP contribution in [0.1, 0.15) is 24.8 Å². The third kappa shape index (κ3) is 2.31. The monoisotopic (exact) mass is 285 g/mol. The van der Waals surface area contributed by atoms with E-state index in [0.29, 0.717) is 11.4 Å². The Hall–Kier alpha value is -0.520. The van der Waals surface area contributed by atoms with Gasteiger partial charge in [0.05, 0.1) is 4.90 Å². The highest BCUT2D eigenvalue weighted by molar-refractivity contribution is 7.99. The SMILES string of the molecule is CSc1cc(C2(CN)CCC2)ccc1S(C)(=O)=O. The van der Waals surface area contributed by atoms with Crippen molar-refractivity contribution in [2.45, 2.75) is 34.5 Å². The molecule has 0 heterocycles. The van der Waals surface area contributed by atoms with Crippen LogP contribution in [0.15, 0.2) is 28.0 Å². The molecular weight excluding hydrogens is 266 g/mol. The van der Waals surface area contributed by atoms with E-state index < -0.39 is 9.84 Å². The molecule has 2 N–H and O–H groups in total. The number of thioether (sulfide) groups is 1. The van der Waals surface area contributed by atoms with Crippen LogP contribution < -0.4 is 5.73 Å². The molecule has 1 aliphatic carbocycles. The fraction of sp³-hybridized carbons (Fsp3) is 0.538. The number of hydrogen-bond acceptors (Lipinski definition) is 4. The Morgan fingerprint density at radius 1 is 1.39 bits per heavy atom. The predicted molar refractivity (Wildman–Crippen MR) is 75.9 cm³/mol. The van der Waals surface area contributed by atoms with Crippen LogP contribution in [0, 0.1) is 0 Å². The first-order valence-electron chi connectivity index (χ1n) is 6.02. The Balaban J connectivity index is 2.48. The molecule has 1 aliphatic rings. The van der Waals surface area contributed by atoms with Gasteiger partial charge in [0, 0.05) is 23.1 Å². The molecule has 0 saturated heterocycles. The molecule has 1 aromatic rings. The van der Waals surface area contributed by atoms with Crippen molar-refractivity contribution in [2.24, 2.45) is 5.73 Å². The van der Waals surface area contributed by atoms with Gasteiger partial charge in [-0.15, -0.1) is 11.8 Å². The van der Waals surface area contributed by atoms with Gasteiger partial charge in [0.25, 0.3) is 0 Å². The van der Waals surface area contributed by atoms with E-state index in [1.165, 1.54) is 30.0 Å². The summed E-state index contributed by atoms with van der Waals surface area (Å²) in [6.07, 6.45) is 6.58. The molecule has 1 fully saturated rings. The molecule has 0 spiro atoms. The summed E-state index contributed by atoms with van der Waals surface area (Å²) in [5.74, 6) is 0. The molecule has 0 radical (unpaired) electrons. The first-order valence-corrected chi connectivity index (χ1v) is 9.13. The second kappa shape index (κ2) is 4.87. The Bertz CT molecular complexity index is 543. The Morgan fingerprint density at radius 2 is 2.06 bits per heavy atom. The summed E-state index contributed by atoms with van der Waals surface area (Å²) in [7, 11) is -3.16. The molecule has 0 unspecified atom stereocenters. The molecule has 0 aliphatic heterocycles. The van der Waals surface area contributed by atoms with E-state index in [1.54, 1.807) is 6.07 Å². The van der Waals surface area contributed by atoms with Gasteiger partial charge in [0.1, 0.15) is 0 Å². The predicted octanol–water partition coefficient (Wildman–Crippen LogP) is 2.19. The van der Waals surface area contributed by atoms with Gasteiger partial charge >= 0.3 is 0 Å². The molecule has 0 atom stereocenters. The average molecular weight is 285 g/mol. The summed E-state index contributed by atoms with van der Waals surface area (Å²) in [6, 6.07) is 5.67. The fourth-order valence-electron chi connectivity index (χ4n) is 2.52. The summed E-state index contributed by atoms with van der Waals surface area (Å²) in [5.41, 5.74) is 7.16. The molecular formula is C13H19NO2S2. The normalized spacial score (nSPS) is 18.4. The van der Waals surface area contributed by atoms with E-state index >= 15 is 0 Å². The summed E-state index contributed by atoms with van der Waals surface area (Å²) >= 11 is 1.48. The lowest BCUT2D eigenvalue weighted by Gasteiger charge is -2.41. The quantitative estimate of drug-likeness (QED) is 0.862. The van der Waals surface area contributed by atoms with E-state index in [2.05, 4.69) is 0 Å². The van der Waals surface area contributed by atoms with Crippen molar-refractivity contribution in [2.75, 3.05) is 19.1 Å². The zero-order valence-corrected chi connectivity index (χ0v) is 12.4. The molecule has 100 valence electrons. The second-order valence-corrected chi connectivity index (χ2v) is 7.81. The van der Waals surface area contributed by atoms with Crippen LogP contribution in [0.2, 0.25) is 0 Å². The number of benzene rings is 1. The van der Waals surface area contributed by atoms with E-state index in [9.17, 15) is 8.42 Å². The van der Waals surface area contributed by atoms with Crippen LogP contribution in [0.5, 0.6) is 0 Å². The minimum absolute atomic E-state index is 0.0838. The maximum Gasteiger partial charge on any atom is 0.176 e. The number of sulfone groups is 1. The fourth-order valence-corrected chi connectivity index (χ4v) is 4.48. The zero-order valence-electron chi connectivity index (χ0n) is 10.8. The third-order valence-electron chi connectivity index (χ3n) is 3.88. The van der Waals surface area contributed by atoms with Gasteiger partial charge in [-0.05, 0) is 36.8 Å². The Labute approximate surface area is 113 Å². The van der Waals surface area contributed by atoms with Crippen molar-refractivity contribution >= 4 is 21.6 Å². The van der Waals surface area contributed by atoms with Crippen LogP contribution in [0.25, 0.3) is 0 Å². The van der Waals surface area contributed by atoms with Crippen molar-refractivity contribution in [3.8, 4) is 0 Å². The average Bonchev–Trinajstić information content (AvgIpc) is 2.26. The highest BCUT2D eigenvalue weighted by Gasteiger charge is 2.37. The smallest absolute Gasteiger partial charge is 0.176 e. The molecule has 0 amide bonds.